The minimum absolute atomic E-state index is 0.0116. The van der Waals surface area contributed by atoms with Gasteiger partial charge in [0.15, 0.2) is 23.0 Å². The Kier molecular flexibility index (Phi) is 10.9. The van der Waals surface area contributed by atoms with E-state index in [4.69, 9.17) is 28.7 Å². The number of ether oxygens (including phenoxy) is 5. The lowest BCUT2D eigenvalue weighted by atomic mass is 10.1. The van der Waals surface area contributed by atoms with E-state index in [0.717, 1.165) is 45.9 Å². The predicted molar refractivity (Wildman–Crippen MR) is 239 cm³/mol. The van der Waals surface area contributed by atoms with E-state index in [1.54, 1.807) is 32.4 Å². The Labute approximate surface area is 361 Å². The van der Waals surface area contributed by atoms with Crippen molar-refractivity contribution >= 4 is 52.4 Å². The van der Waals surface area contributed by atoms with Crippen molar-refractivity contribution in [1.82, 2.24) is 0 Å². The zero-order valence-corrected chi connectivity index (χ0v) is 35.6. The number of likely N-dealkylation sites (N-methyl/N-ethyl adjacent to an activating group) is 1. The third kappa shape index (κ3) is 7.52. The maximum Gasteiger partial charge on any atom is 0.305 e. The van der Waals surface area contributed by atoms with Crippen LogP contribution in [0.2, 0.25) is 0 Å². The van der Waals surface area contributed by atoms with Crippen molar-refractivity contribution in [1.29, 1.82) is 0 Å². The quantitative estimate of drug-likeness (QED) is 0.110. The first kappa shape index (κ1) is 40.4. The van der Waals surface area contributed by atoms with Gasteiger partial charge in [-0.3, -0.25) is 24.3 Å². The van der Waals surface area contributed by atoms with Gasteiger partial charge in [0.1, 0.15) is 13.2 Å². The van der Waals surface area contributed by atoms with Crippen molar-refractivity contribution in [3.05, 3.63) is 124 Å². The minimum Gasteiger partial charge on any atom is -0.493 e. The number of fused-ring (bicyclic) bond motifs is 8. The fourth-order valence-corrected chi connectivity index (χ4v) is 9.07. The summed E-state index contributed by atoms with van der Waals surface area (Å²) in [4.78, 5) is 52.8. The molecule has 0 fully saturated rings. The summed E-state index contributed by atoms with van der Waals surface area (Å²) < 4.78 is 29.5. The second kappa shape index (κ2) is 16.8. The number of amides is 2. The second-order valence-corrected chi connectivity index (χ2v) is 16.1. The van der Waals surface area contributed by atoms with Gasteiger partial charge in [0.05, 0.1) is 55.9 Å². The summed E-state index contributed by atoms with van der Waals surface area (Å²) in [5.74, 6) is 1.38. The van der Waals surface area contributed by atoms with Gasteiger partial charge in [-0.05, 0) is 77.6 Å². The molecule has 0 unspecified atom stereocenters. The molecule has 0 saturated heterocycles. The number of benzene rings is 5. The van der Waals surface area contributed by atoms with Crippen LogP contribution in [0.25, 0.3) is 0 Å². The molecule has 2 amide bonds. The number of hydrogen-bond donors (Lipinski definition) is 0. The molecule has 4 aliphatic rings. The summed E-state index contributed by atoms with van der Waals surface area (Å²) in [6.07, 6.45) is 4.23. The molecule has 5 aromatic carbocycles. The molecule has 4 aliphatic heterocycles. The molecular weight excluding hydrogens is 787 g/mol. The van der Waals surface area contributed by atoms with Crippen molar-refractivity contribution in [2.75, 3.05) is 68.1 Å². The van der Waals surface area contributed by atoms with Gasteiger partial charge in [0, 0.05) is 75.4 Å². The number of carbonyl (C=O) groups is 3. The molecule has 0 aromatic heterocycles. The number of nitrogens with zero attached hydrogens (tertiary/aromatic N) is 5. The van der Waals surface area contributed by atoms with Crippen LogP contribution in [0.5, 0.6) is 23.0 Å². The lowest BCUT2D eigenvalue weighted by Gasteiger charge is -2.25. The minimum atomic E-state index is -0.257. The number of rotatable bonds is 13. The van der Waals surface area contributed by atoms with E-state index in [-0.39, 0.29) is 43.1 Å². The van der Waals surface area contributed by atoms with E-state index in [2.05, 4.69) is 15.9 Å². The van der Waals surface area contributed by atoms with Crippen molar-refractivity contribution in [2.45, 2.75) is 51.0 Å². The average molecular weight is 836 g/mol. The summed E-state index contributed by atoms with van der Waals surface area (Å²) in [6.45, 7) is 1.62. The number of hydrogen-bond acceptors (Lipinski definition) is 11. The predicted octanol–water partition coefficient (Wildman–Crippen LogP) is 7.56. The van der Waals surface area contributed by atoms with Crippen LogP contribution in [-0.2, 0) is 35.6 Å². The summed E-state index contributed by atoms with van der Waals surface area (Å²) in [6, 6.07) is 29.1. The third-order valence-corrected chi connectivity index (χ3v) is 12.2. The summed E-state index contributed by atoms with van der Waals surface area (Å²) in [5, 5.41) is 0. The zero-order valence-electron chi connectivity index (χ0n) is 35.6. The van der Waals surface area contributed by atoms with Gasteiger partial charge in [-0.25, -0.2) is 0 Å². The van der Waals surface area contributed by atoms with E-state index in [1.807, 2.05) is 96.8 Å². The van der Waals surface area contributed by atoms with Crippen LogP contribution < -0.4 is 38.5 Å². The van der Waals surface area contributed by atoms with Crippen LogP contribution in [0, 0.1) is 0 Å². The first-order valence-electron chi connectivity index (χ1n) is 20.8. The highest BCUT2D eigenvalue weighted by molar-refractivity contribution is 6.15. The Morgan fingerprint density at radius 2 is 1.34 bits per heavy atom. The first-order chi connectivity index (χ1) is 30.1. The van der Waals surface area contributed by atoms with Crippen LogP contribution in [-0.4, -0.2) is 84.6 Å². The van der Waals surface area contributed by atoms with Gasteiger partial charge >= 0.3 is 5.97 Å². The Morgan fingerprint density at radius 1 is 0.726 bits per heavy atom. The van der Waals surface area contributed by atoms with E-state index in [9.17, 15) is 14.4 Å². The third-order valence-electron chi connectivity index (χ3n) is 12.2. The summed E-state index contributed by atoms with van der Waals surface area (Å²) in [5.41, 5.74) is 9.04. The van der Waals surface area contributed by atoms with Crippen LogP contribution >= 0.6 is 0 Å². The van der Waals surface area contributed by atoms with Gasteiger partial charge in [-0.2, -0.15) is 0 Å². The number of esters is 1. The molecular formula is C49H49N5O8. The highest BCUT2D eigenvalue weighted by Crippen LogP contribution is 2.44. The molecule has 0 saturated carbocycles. The van der Waals surface area contributed by atoms with Gasteiger partial charge < -0.3 is 38.4 Å². The maximum absolute atomic E-state index is 14.2. The highest BCUT2D eigenvalue weighted by atomic mass is 16.5. The topological polar surface area (TPSA) is 123 Å². The average Bonchev–Trinajstić information content (AvgIpc) is 3.79. The fourth-order valence-electron chi connectivity index (χ4n) is 9.07. The Hall–Kier alpha value is -7.02. The van der Waals surface area contributed by atoms with Gasteiger partial charge in [0.2, 0.25) is 0 Å². The molecule has 9 rings (SSSR count). The fraction of sp³-hybridized carbons (Fsp3) is 0.306. The Bertz CT molecular complexity index is 2610. The summed E-state index contributed by atoms with van der Waals surface area (Å²) in [7, 11) is 8.50. The second-order valence-electron chi connectivity index (χ2n) is 16.1. The molecule has 0 spiro atoms. The smallest absolute Gasteiger partial charge is 0.305 e. The van der Waals surface area contributed by atoms with Crippen LogP contribution in [0.4, 0.5) is 28.4 Å². The van der Waals surface area contributed by atoms with Crippen molar-refractivity contribution < 1.29 is 38.1 Å². The number of aliphatic imine (C=N–C) groups is 1. The number of carbonyl (C=O) groups excluding carboxylic acids is 3. The lowest BCUT2D eigenvalue weighted by molar-refractivity contribution is -0.140. The Morgan fingerprint density at radius 3 is 2.02 bits per heavy atom. The maximum atomic E-state index is 14.2. The SMILES string of the molecule is COC(=O)CCCN(C)c1cc(COc2cc3c(cc2OC)C(=O)N2c4ccccc4C[C@H]2C=N3)cc(COc2cc3c(cc2OC)C(=O)N2c4ccccc4C[C@H]2CN3C)c1. The zero-order chi connectivity index (χ0) is 43.1. The van der Waals surface area contributed by atoms with Gasteiger partial charge in [-0.1, -0.05) is 36.4 Å². The summed E-state index contributed by atoms with van der Waals surface area (Å²) >= 11 is 0. The molecule has 0 radical (unpaired) electrons. The monoisotopic (exact) mass is 835 g/mol. The molecule has 13 heteroatoms. The van der Waals surface area contributed by atoms with Crippen molar-refractivity contribution in [3.8, 4) is 23.0 Å². The number of anilines is 4. The number of para-hydroxylation sites is 2. The molecule has 318 valence electrons. The largest absolute Gasteiger partial charge is 0.493 e. The van der Waals surface area contributed by atoms with E-state index < -0.39 is 0 Å². The molecule has 0 aliphatic carbocycles. The molecule has 4 heterocycles. The molecule has 62 heavy (non-hydrogen) atoms. The van der Waals surface area contributed by atoms with Crippen LogP contribution in [0.1, 0.15) is 55.8 Å². The van der Waals surface area contributed by atoms with Gasteiger partial charge in [0.25, 0.3) is 11.8 Å². The highest BCUT2D eigenvalue weighted by Gasteiger charge is 2.40. The van der Waals surface area contributed by atoms with E-state index >= 15 is 0 Å². The molecule has 0 bridgehead atoms. The Balaban J connectivity index is 0.979. The molecule has 5 aromatic rings. The number of methoxy groups -OCH3 is 3. The molecule has 0 N–H and O–H groups in total. The first-order valence-corrected chi connectivity index (χ1v) is 20.8. The van der Waals surface area contributed by atoms with Crippen molar-refractivity contribution in [2.24, 2.45) is 4.99 Å². The van der Waals surface area contributed by atoms with E-state index in [1.165, 1.54) is 12.7 Å². The van der Waals surface area contributed by atoms with E-state index in [0.29, 0.717) is 72.2 Å². The standard InChI is InChI=1S/C49H49N5O8/c1-51(16-10-15-47(55)60-5)34-18-30(28-61-45-24-39-37(22-43(45)58-3)48(56)53-35(26-50-39)20-32-11-6-8-13-40(32)53)17-31(19-34)29-62-46-25-42-38(23-44(46)59-4)49(57)54-36(27-52(42)2)21-33-12-7-9-14-41(33)54/h6-9,11-14,17-19,22-26,35-36H,10,15-16,20-21,27-29H2,1-5H3/t35-,36-/m0/s1. The molecule has 2 atom stereocenters. The van der Waals surface area contributed by atoms with Crippen molar-refractivity contribution in [3.63, 3.8) is 0 Å². The molecule has 13 nitrogen and oxygen atoms in total. The van der Waals surface area contributed by atoms with Gasteiger partial charge in [-0.15, -0.1) is 0 Å². The van der Waals surface area contributed by atoms with Crippen LogP contribution in [0.15, 0.2) is 96.0 Å². The lowest BCUT2D eigenvalue weighted by Crippen LogP contribution is -2.41. The normalized spacial score (nSPS) is 16.9. The van der Waals surface area contributed by atoms with Crippen LogP contribution in [0.3, 0.4) is 0 Å².